The predicted molar refractivity (Wildman–Crippen MR) is 67.8 cm³/mol. The minimum Gasteiger partial charge on any atom is -0.338 e. The zero-order valence-corrected chi connectivity index (χ0v) is 10.9. The van der Waals surface area contributed by atoms with E-state index < -0.39 is 0 Å². The van der Waals surface area contributed by atoms with Gasteiger partial charge in [0.2, 0.25) is 5.89 Å². The van der Waals surface area contributed by atoms with E-state index in [1.54, 1.807) is 11.3 Å². The van der Waals surface area contributed by atoms with Crippen molar-refractivity contribution in [1.29, 1.82) is 0 Å². The second kappa shape index (κ2) is 5.42. The van der Waals surface area contributed by atoms with Crippen LogP contribution in [0.1, 0.15) is 42.9 Å². The Balaban J connectivity index is 2.00. The second-order valence-corrected chi connectivity index (χ2v) is 5.57. The molecule has 4 nitrogen and oxygen atoms in total. The van der Waals surface area contributed by atoms with Gasteiger partial charge in [-0.25, -0.2) is 0 Å². The van der Waals surface area contributed by atoms with Gasteiger partial charge in [-0.1, -0.05) is 25.1 Å². The van der Waals surface area contributed by atoms with Crippen molar-refractivity contribution in [1.82, 2.24) is 10.1 Å². The van der Waals surface area contributed by atoms with E-state index >= 15 is 0 Å². The zero-order valence-electron chi connectivity index (χ0n) is 10.1. The second-order valence-electron chi connectivity index (χ2n) is 4.54. The van der Waals surface area contributed by atoms with Gasteiger partial charge in [-0.15, -0.1) is 11.3 Å². The highest BCUT2D eigenvalue weighted by atomic mass is 32.1. The average molecular weight is 251 g/mol. The number of thiophene rings is 1. The fourth-order valence-corrected chi connectivity index (χ4v) is 2.37. The van der Waals surface area contributed by atoms with E-state index in [2.05, 4.69) is 30.1 Å². The molecule has 0 fully saturated rings. The predicted octanol–water partition coefficient (Wildman–Crippen LogP) is 2.77. The first-order valence-electron chi connectivity index (χ1n) is 5.75. The molecule has 2 rings (SSSR count). The molecule has 0 amide bonds. The molecule has 0 aliphatic carbocycles. The van der Waals surface area contributed by atoms with Gasteiger partial charge in [0.1, 0.15) is 0 Å². The summed E-state index contributed by atoms with van der Waals surface area (Å²) in [5, 5.41) is 6.00. The molecule has 0 aliphatic heterocycles. The van der Waals surface area contributed by atoms with Crippen LogP contribution in [-0.4, -0.2) is 10.1 Å². The molecule has 0 saturated carbocycles. The van der Waals surface area contributed by atoms with Crippen molar-refractivity contribution < 1.29 is 4.52 Å². The largest absolute Gasteiger partial charge is 0.338 e. The molecular weight excluding hydrogens is 234 g/mol. The van der Waals surface area contributed by atoms with Crippen LogP contribution < -0.4 is 5.73 Å². The Morgan fingerprint density at radius 3 is 2.94 bits per heavy atom. The first-order chi connectivity index (χ1) is 8.15. The van der Waals surface area contributed by atoms with E-state index in [1.165, 1.54) is 4.88 Å². The highest BCUT2D eigenvalue weighted by Gasteiger charge is 2.16. The molecule has 0 aromatic carbocycles. The molecule has 92 valence electrons. The fourth-order valence-electron chi connectivity index (χ4n) is 1.67. The van der Waals surface area contributed by atoms with Gasteiger partial charge in [0.05, 0.1) is 6.04 Å². The molecule has 2 aromatic rings. The Morgan fingerprint density at radius 1 is 1.47 bits per heavy atom. The third-order valence-electron chi connectivity index (χ3n) is 2.44. The summed E-state index contributed by atoms with van der Waals surface area (Å²) in [5.41, 5.74) is 5.99. The standard InChI is InChI=1S/C12H17N3OS/c1-8(2)6-10(13)12-14-11(15-16-12)7-9-4-3-5-17-9/h3-5,8,10H,6-7,13H2,1-2H3/t10-/m1/s1. The Morgan fingerprint density at radius 2 is 2.29 bits per heavy atom. The highest BCUT2D eigenvalue weighted by molar-refractivity contribution is 7.09. The van der Waals surface area contributed by atoms with Gasteiger partial charge in [0.15, 0.2) is 5.82 Å². The maximum atomic E-state index is 5.99. The first-order valence-corrected chi connectivity index (χ1v) is 6.63. The number of hydrogen-bond donors (Lipinski definition) is 1. The molecule has 0 bridgehead atoms. The van der Waals surface area contributed by atoms with Crippen LogP contribution in [0.4, 0.5) is 0 Å². The molecule has 2 aromatic heterocycles. The van der Waals surface area contributed by atoms with Gasteiger partial charge < -0.3 is 10.3 Å². The molecule has 17 heavy (non-hydrogen) atoms. The lowest BCUT2D eigenvalue weighted by atomic mass is 10.0. The lowest BCUT2D eigenvalue weighted by Gasteiger charge is -2.08. The lowest BCUT2D eigenvalue weighted by Crippen LogP contribution is -2.13. The third-order valence-corrected chi connectivity index (χ3v) is 3.32. The number of nitrogens with zero attached hydrogens (tertiary/aromatic N) is 2. The summed E-state index contributed by atoms with van der Waals surface area (Å²) in [6.07, 6.45) is 1.58. The smallest absolute Gasteiger partial charge is 0.243 e. The summed E-state index contributed by atoms with van der Waals surface area (Å²) in [6.45, 7) is 4.26. The van der Waals surface area contributed by atoms with Gasteiger partial charge >= 0.3 is 0 Å². The van der Waals surface area contributed by atoms with Gasteiger partial charge in [-0.2, -0.15) is 4.98 Å². The molecule has 0 radical (unpaired) electrons. The Hall–Kier alpha value is -1.20. The summed E-state index contributed by atoms with van der Waals surface area (Å²) in [7, 11) is 0. The molecule has 0 unspecified atom stereocenters. The maximum Gasteiger partial charge on any atom is 0.243 e. The van der Waals surface area contributed by atoms with Crippen molar-refractivity contribution in [2.24, 2.45) is 11.7 Å². The first kappa shape index (κ1) is 12.3. The minimum absolute atomic E-state index is 0.153. The molecule has 5 heteroatoms. The number of rotatable bonds is 5. The van der Waals surface area contributed by atoms with Crippen LogP contribution in [0, 0.1) is 5.92 Å². The minimum atomic E-state index is -0.153. The Kier molecular flexibility index (Phi) is 3.91. The van der Waals surface area contributed by atoms with E-state index in [9.17, 15) is 0 Å². The van der Waals surface area contributed by atoms with Crippen LogP contribution >= 0.6 is 11.3 Å². The van der Waals surface area contributed by atoms with E-state index in [0.717, 1.165) is 12.8 Å². The highest BCUT2D eigenvalue weighted by Crippen LogP contribution is 2.18. The van der Waals surface area contributed by atoms with Crippen LogP contribution in [-0.2, 0) is 6.42 Å². The molecule has 0 spiro atoms. The molecule has 2 heterocycles. The maximum absolute atomic E-state index is 5.99. The van der Waals surface area contributed by atoms with E-state index in [1.807, 2.05) is 11.4 Å². The molecule has 1 atom stereocenters. The van der Waals surface area contributed by atoms with Crippen molar-refractivity contribution in [3.8, 4) is 0 Å². The van der Waals surface area contributed by atoms with Crippen LogP contribution in [0.15, 0.2) is 22.0 Å². The number of aromatic nitrogens is 2. The summed E-state index contributed by atoms with van der Waals surface area (Å²) >= 11 is 1.69. The van der Waals surface area contributed by atoms with Crippen LogP contribution in [0.2, 0.25) is 0 Å². The van der Waals surface area contributed by atoms with Crippen molar-refractivity contribution in [3.63, 3.8) is 0 Å². The Labute approximate surface area is 105 Å². The van der Waals surface area contributed by atoms with Gasteiger partial charge in [-0.3, -0.25) is 0 Å². The van der Waals surface area contributed by atoms with Crippen molar-refractivity contribution in [2.75, 3.05) is 0 Å². The summed E-state index contributed by atoms with van der Waals surface area (Å²) in [5.74, 6) is 1.78. The average Bonchev–Trinajstić information content (AvgIpc) is 2.88. The van der Waals surface area contributed by atoms with Crippen molar-refractivity contribution in [3.05, 3.63) is 34.1 Å². The van der Waals surface area contributed by atoms with Crippen molar-refractivity contribution >= 4 is 11.3 Å². The molecule has 2 N–H and O–H groups in total. The Bertz CT molecular complexity index is 450. The van der Waals surface area contributed by atoms with Crippen LogP contribution in [0.5, 0.6) is 0 Å². The van der Waals surface area contributed by atoms with Gasteiger partial charge in [0, 0.05) is 11.3 Å². The van der Waals surface area contributed by atoms with E-state index in [4.69, 9.17) is 10.3 Å². The summed E-state index contributed by atoms with van der Waals surface area (Å²) < 4.78 is 5.19. The van der Waals surface area contributed by atoms with Crippen molar-refractivity contribution in [2.45, 2.75) is 32.7 Å². The quantitative estimate of drug-likeness (QED) is 0.887. The van der Waals surface area contributed by atoms with E-state index in [0.29, 0.717) is 17.6 Å². The summed E-state index contributed by atoms with van der Waals surface area (Å²) in [4.78, 5) is 5.57. The normalized spacial score (nSPS) is 13.2. The zero-order chi connectivity index (χ0) is 12.3. The lowest BCUT2D eigenvalue weighted by molar-refractivity contribution is 0.333. The van der Waals surface area contributed by atoms with Crippen LogP contribution in [0.3, 0.4) is 0 Å². The molecular formula is C12H17N3OS. The number of nitrogens with two attached hydrogens (primary N) is 1. The topological polar surface area (TPSA) is 64.9 Å². The van der Waals surface area contributed by atoms with Gasteiger partial charge in [0.25, 0.3) is 0 Å². The monoisotopic (exact) mass is 251 g/mol. The molecule has 0 aliphatic rings. The fraction of sp³-hybridized carbons (Fsp3) is 0.500. The van der Waals surface area contributed by atoms with Crippen LogP contribution in [0.25, 0.3) is 0 Å². The SMILES string of the molecule is CC(C)C[C@@H](N)c1nc(Cc2cccs2)no1. The third kappa shape index (κ3) is 3.38. The number of hydrogen-bond acceptors (Lipinski definition) is 5. The van der Waals surface area contributed by atoms with E-state index in [-0.39, 0.29) is 6.04 Å². The molecule has 0 saturated heterocycles. The van der Waals surface area contributed by atoms with Gasteiger partial charge in [-0.05, 0) is 23.8 Å². The summed E-state index contributed by atoms with van der Waals surface area (Å²) in [6, 6.07) is 3.93.